The van der Waals surface area contributed by atoms with E-state index in [1.807, 2.05) is 24.3 Å². The molecule has 0 spiro atoms. The molecule has 2 heterocycles. The number of nitrogens with zero attached hydrogens (tertiary/aromatic N) is 2. The third-order valence-corrected chi connectivity index (χ3v) is 5.92. The Morgan fingerprint density at radius 1 is 1.15 bits per heavy atom. The quantitative estimate of drug-likeness (QED) is 0.674. The molecule has 2 aromatic carbocycles. The van der Waals surface area contributed by atoms with Crippen molar-refractivity contribution in [1.29, 1.82) is 0 Å². The van der Waals surface area contributed by atoms with Crippen LogP contribution in [0.5, 0.6) is 5.75 Å². The third kappa shape index (κ3) is 5.31. The summed E-state index contributed by atoms with van der Waals surface area (Å²) in [6, 6.07) is 12.5. The second-order valence-corrected chi connectivity index (χ2v) is 8.22. The zero-order valence-corrected chi connectivity index (χ0v) is 18.1. The van der Waals surface area contributed by atoms with Crippen LogP contribution < -0.4 is 10.1 Å². The van der Waals surface area contributed by atoms with Gasteiger partial charge < -0.3 is 25.0 Å². The number of fused-ring (bicyclic) bond motifs is 1. The molecule has 0 aromatic heterocycles. The van der Waals surface area contributed by atoms with Crippen LogP contribution in [0.2, 0.25) is 0 Å². The summed E-state index contributed by atoms with van der Waals surface area (Å²) in [7, 11) is 0. The van der Waals surface area contributed by atoms with E-state index in [4.69, 9.17) is 4.74 Å². The highest BCUT2D eigenvalue weighted by Crippen LogP contribution is 2.23. The molecule has 1 saturated heterocycles. The van der Waals surface area contributed by atoms with Crippen LogP contribution in [0.4, 0.5) is 4.39 Å². The van der Waals surface area contributed by atoms with Crippen molar-refractivity contribution < 1.29 is 28.6 Å². The molecule has 9 heteroatoms. The van der Waals surface area contributed by atoms with Crippen LogP contribution in [0.1, 0.15) is 17.5 Å². The number of rotatable bonds is 6. The number of para-hydroxylation sites is 1. The first kappa shape index (κ1) is 22.7. The lowest BCUT2D eigenvalue weighted by Gasteiger charge is -2.25. The molecule has 174 valence electrons. The third-order valence-electron chi connectivity index (χ3n) is 5.92. The van der Waals surface area contributed by atoms with E-state index in [1.165, 1.54) is 17.0 Å². The highest BCUT2D eigenvalue weighted by molar-refractivity contribution is 5.89. The predicted molar refractivity (Wildman–Crippen MR) is 117 cm³/mol. The fraction of sp³-hybridized carbons (Fsp3) is 0.375. The molecule has 8 nitrogen and oxygen atoms in total. The summed E-state index contributed by atoms with van der Waals surface area (Å²) in [6.45, 7) is 0.790. The largest absolute Gasteiger partial charge is 0.483 e. The molecule has 33 heavy (non-hydrogen) atoms. The minimum absolute atomic E-state index is 0.0180. The molecule has 2 N–H and O–H groups in total. The van der Waals surface area contributed by atoms with Gasteiger partial charge in [-0.05, 0) is 17.7 Å². The molecule has 3 amide bonds. The minimum atomic E-state index is -0.844. The van der Waals surface area contributed by atoms with Crippen LogP contribution in [0.3, 0.4) is 0 Å². The number of hydrogen-bond donors (Lipinski definition) is 2. The number of benzene rings is 2. The molecule has 0 aliphatic carbocycles. The standard InChI is InChI=1S/C24H26FN3O5/c25-19-7-3-1-5-16(19)11-22(30)28-14-18(29)12-20(28)24(32)26-9-10-27-13-17-6-2-4-8-21(17)33-15-23(27)31/h1-8,18,20,29H,9-15H2,(H,26,32). The van der Waals surface area contributed by atoms with E-state index in [0.717, 1.165) is 5.56 Å². The maximum absolute atomic E-state index is 13.9. The summed E-state index contributed by atoms with van der Waals surface area (Å²) >= 11 is 0. The number of halogens is 1. The highest BCUT2D eigenvalue weighted by Gasteiger charge is 2.38. The number of amides is 3. The Kier molecular flexibility index (Phi) is 6.88. The smallest absolute Gasteiger partial charge is 0.260 e. The van der Waals surface area contributed by atoms with Crippen LogP contribution in [0, 0.1) is 5.82 Å². The van der Waals surface area contributed by atoms with E-state index < -0.39 is 29.8 Å². The second-order valence-electron chi connectivity index (χ2n) is 8.22. The Bertz CT molecular complexity index is 1050. The fourth-order valence-corrected chi connectivity index (χ4v) is 4.18. The first-order valence-electron chi connectivity index (χ1n) is 10.9. The number of hydrogen-bond acceptors (Lipinski definition) is 5. The van der Waals surface area contributed by atoms with Crippen molar-refractivity contribution in [2.75, 3.05) is 26.2 Å². The Balaban J connectivity index is 1.33. The monoisotopic (exact) mass is 455 g/mol. The number of aliphatic hydroxyl groups excluding tert-OH is 1. The Morgan fingerprint density at radius 2 is 1.91 bits per heavy atom. The Morgan fingerprint density at radius 3 is 2.73 bits per heavy atom. The van der Waals surface area contributed by atoms with E-state index >= 15 is 0 Å². The first-order chi connectivity index (χ1) is 15.9. The van der Waals surface area contributed by atoms with Gasteiger partial charge in [-0.15, -0.1) is 0 Å². The number of ether oxygens (including phenoxy) is 1. The molecule has 2 aromatic rings. The van der Waals surface area contributed by atoms with Gasteiger partial charge in [0.1, 0.15) is 17.6 Å². The van der Waals surface area contributed by atoms with Crippen LogP contribution >= 0.6 is 0 Å². The van der Waals surface area contributed by atoms with Crippen molar-refractivity contribution >= 4 is 17.7 Å². The van der Waals surface area contributed by atoms with E-state index in [1.54, 1.807) is 17.0 Å². The number of carbonyl (C=O) groups excluding carboxylic acids is 3. The van der Waals surface area contributed by atoms with E-state index in [2.05, 4.69) is 5.32 Å². The summed E-state index contributed by atoms with van der Waals surface area (Å²) in [5, 5.41) is 12.8. The van der Waals surface area contributed by atoms with Crippen LogP contribution in [0.15, 0.2) is 48.5 Å². The molecular formula is C24H26FN3O5. The van der Waals surface area contributed by atoms with Crippen molar-refractivity contribution in [3.05, 3.63) is 65.5 Å². The lowest BCUT2D eigenvalue weighted by Crippen LogP contribution is -2.48. The summed E-state index contributed by atoms with van der Waals surface area (Å²) < 4.78 is 19.5. The average molecular weight is 455 g/mol. The summed E-state index contributed by atoms with van der Waals surface area (Å²) in [5.41, 5.74) is 1.13. The predicted octanol–water partition coefficient (Wildman–Crippen LogP) is 0.867. The van der Waals surface area contributed by atoms with Gasteiger partial charge in [0.15, 0.2) is 6.61 Å². The van der Waals surface area contributed by atoms with E-state index in [0.29, 0.717) is 12.3 Å². The maximum atomic E-state index is 13.9. The zero-order chi connectivity index (χ0) is 23.4. The summed E-state index contributed by atoms with van der Waals surface area (Å²) in [6.07, 6.45) is -0.907. The molecule has 2 atom stereocenters. The highest BCUT2D eigenvalue weighted by atomic mass is 19.1. The number of carbonyl (C=O) groups is 3. The number of β-amino-alcohol motifs (C(OH)–C–C–N with tert-alkyl or cyclic N) is 1. The molecule has 2 unspecified atom stereocenters. The van der Waals surface area contributed by atoms with Gasteiger partial charge in [-0.1, -0.05) is 36.4 Å². The van der Waals surface area contributed by atoms with Crippen LogP contribution in [-0.4, -0.2) is 71.0 Å². The molecule has 0 radical (unpaired) electrons. The van der Waals surface area contributed by atoms with Gasteiger partial charge in [0, 0.05) is 38.2 Å². The van der Waals surface area contributed by atoms with Crippen molar-refractivity contribution in [1.82, 2.24) is 15.1 Å². The van der Waals surface area contributed by atoms with Crippen molar-refractivity contribution in [2.45, 2.75) is 31.5 Å². The van der Waals surface area contributed by atoms with Gasteiger partial charge >= 0.3 is 0 Å². The normalized spacial score (nSPS) is 20.1. The topological polar surface area (TPSA) is 99.2 Å². The maximum Gasteiger partial charge on any atom is 0.260 e. The van der Waals surface area contributed by atoms with Gasteiger partial charge in [0.25, 0.3) is 5.91 Å². The number of likely N-dealkylation sites (tertiary alicyclic amines) is 1. The average Bonchev–Trinajstić information content (AvgIpc) is 3.13. The molecule has 2 aliphatic rings. The van der Waals surface area contributed by atoms with Gasteiger partial charge in [-0.25, -0.2) is 4.39 Å². The van der Waals surface area contributed by atoms with Crippen LogP contribution in [0.25, 0.3) is 0 Å². The van der Waals surface area contributed by atoms with Crippen molar-refractivity contribution in [2.24, 2.45) is 0 Å². The molecular weight excluding hydrogens is 429 g/mol. The SMILES string of the molecule is O=C(NCCN1Cc2ccccc2OCC1=O)C1CC(O)CN1C(=O)Cc1ccccc1F. The van der Waals surface area contributed by atoms with Gasteiger partial charge in [0.2, 0.25) is 11.8 Å². The van der Waals surface area contributed by atoms with Crippen molar-refractivity contribution in [3.8, 4) is 5.75 Å². The molecule has 2 aliphatic heterocycles. The number of aliphatic hydroxyl groups is 1. The molecule has 1 fully saturated rings. The Labute approximate surface area is 190 Å². The zero-order valence-electron chi connectivity index (χ0n) is 18.1. The van der Waals surface area contributed by atoms with E-state index in [9.17, 15) is 23.9 Å². The molecule has 4 rings (SSSR count). The van der Waals surface area contributed by atoms with E-state index in [-0.39, 0.29) is 50.6 Å². The molecule has 0 bridgehead atoms. The van der Waals surface area contributed by atoms with Gasteiger partial charge in [-0.3, -0.25) is 14.4 Å². The van der Waals surface area contributed by atoms with Crippen molar-refractivity contribution in [3.63, 3.8) is 0 Å². The number of nitrogens with one attached hydrogen (secondary N) is 1. The second kappa shape index (κ2) is 9.99. The lowest BCUT2D eigenvalue weighted by atomic mass is 10.1. The summed E-state index contributed by atoms with van der Waals surface area (Å²) in [5.74, 6) is -0.834. The van der Waals surface area contributed by atoms with Gasteiger partial charge in [0.05, 0.1) is 12.5 Å². The minimum Gasteiger partial charge on any atom is -0.483 e. The fourth-order valence-electron chi connectivity index (χ4n) is 4.18. The van der Waals surface area contributed by atoms with Gasteiger partial charge in [-0.2, -0.15) is 0 Å². The lowest BCUT2D eigenvalue weighted by molar-refractivity contribution is -0.138. The Hall–Kier alpha value is -3.46. The first-order valence-corrected chi connectivity index (χ1v) is 10.9. The summed E-state index contributed by atoms with van der Waals surface area (Å²) in [4.78, 5) is 40.8. The molecule has 0 saturated carbocycles. The van der Waals surface area contributed by atoms with Crippen LogP contribution in [-0.2, 0) is 27.3 Å².